The fourth-order valence-corrected chi connectivity index (χ4v) is 2.06. The van der Waals surface area contributed by atoms with Crippen molar-refractivity contribution in [2.24, 2.45) is 5.73 Å². The second-order valence-electron chi connectivity index (χ2n) is 3.27. The van der Waals surface area contributed by atoms with E-state index in [0.29, 0.717) is 0 Å². The van der Waals surface area contributed by atoms with Crippen LogP contribution in [-0.2, 0) is 6.42 Å². The Balaban J connectivity index is 2.06. The summed E-state index contributed by atoms with van der Waals surface area (Å²) in [6.45, 7) is 0. The Kier molecular flexibility index (Phi) is 3.45. The summed E-state index contributed by atoms with van der Waals surface area (Å²) < 4.78 is 9.15. The van der Waals surface area contributed by atoms with E-state index < -0.39 is 0 Å². The topological polar surface area (TPSA) is 51.8 Å². The zero-order chi connectivity index (χ0) is 10.7. The molecule has 15 heavy (non-hydrogen) atoms. The standard InChI is InChI=1S/C10H10BrN3S/c11-8-3-1-7(2-4-8)5-9(12)10-6-13-15-14-10/h1-4,6,9H,5,12H2. The summed E-state index contributed by atoms with van der Waals surface area (Å²) >= 11 is 4.59. The first-order valence-corrected chi connectivity index (χ1v) is 6.05. The molecule has 1 heterocycles. The second kappa shape index (κ2) is 4.83. The van der Waals surface area contributed by atoms with E-state index in [1.807, 2.05) is 12.1 Å². The summed E-state index contributed by atoms with van der Waals surface area (Å²) in [5.41, 5.74) is 8.07. The lowest BCUT2D eigenvalue weighted by Crippen LogP contribution is -2.13. The summed E-state index contributed by atoms with van der Waals surface area (Å²) in [6.07, 6.45) is 2.52. The van der Waals surface area contributed by atoms with Gasteiger partial charge in [0, 0.05) is 4.47 Å². The zero-order valence-corrected chi connectivity index (χ0v) is 10.3. The third-order valence-corrected chi connectivity index (χ3v) is 3.15. The molecule has 1 unspecified atom stereocenters. The fraction of sp³-hybridized carbons (Fsp3) is 0.200. The van der Waals surface area contributed by atoms with Gasteiger partial charge in [0.2, 0.25) is 0 Å². The van der Waals surface area contributed by atoms with Crippen molar-refractivity contribution in [1.82, 2.24) is 8.75 Å². The predicted molar refractivity (Wildman–Crippen MR) is 64.7 cm³/mol. The lowest BCUT2D eigenvalue weighted by Gasteiger charge is -2.07. The highest BCUT2D eigenvalue weighted by atomic mass is 79.9. The van der Waals surface area contributed by atoms with Gasteiger partial charge in [0.25, 0.3) is 0 Å². The van der Waals surface area contributed by atoms with Crippen LogP contribution < -0.4 is 5.73 Å². The molecule has 0 spiro atoms. The lowest BCUT2D eigenvalue weighted by molar-refractivity contribution is 0.704. The molecule has 0 amide bonds. The largest absolute Gasteiger partial charge is 0.322 e. The number of aromatic nitrogens is 2. The molecule has 0 aliphatic rings. The summed E-state index contributed by atoms with van der Waals surface area (Å²) in [5.74, 6) is 0. The van der Waals surface area contributed by atoms with E-state index in [9.17, 15) is 0 Å². The van der Waals surface area contributed by atoms with Gasteiger partial charge in [-0.3, -0.25) is 0 Å². The van der Waals surface area contributed by atoms with Gasteiger partial charge in [-0.1, -0.05) is 28.1 Å². The number of hydrogen-bond donors (Lipinski definition) is 1. The van der Waals surface area contributed by atoms with Crippen LogP contribution in [0.2, 0.25) is 0 Å². The predicted octanol–water partition coefficient (Wildman–Crippen LogP) is 2.54. The van der Waals surface area contributed by atoms with Crippen LogP contribution >= 0.6 is 27.7 Å². The molecule has 1 atom stereocenters. The van der Waals surface area contributed by atoms with Crippen LogP contribution in [0, 0.1) is 0 Å². The quantitative estimate of drug-likeness (QED) is 0.942. The van der Waals surface area contributed by atoms with Crippen molar-refractivity contribution in [1.29, 1.82) is 0 Å². The van der Waals surface area contributed by atoms with Gasteiger partial charge in [0.1, 0.15) is 0 Å². The van der Waals surface area contributed by atoms with Gasteiger partial charge < -0.3 is 5.73 Å². The van der Waals surface area contributed by atoms with Gasteiger partial charge in [-0.25, -0.2) is 0 Å². The first-order valence-electron chi connectivity index (χ1n) is 4.53. The maximum atomic E-state index is 6.00. The molecular formula is C10H10BrN3S. The molecule has 0 saturated carbocycles. The number of rotatable bonds is 3. The molecule has 2 N–H and O–H groups in total. The maximum absolute atomic E-state index is 6.00. The minimum atomic E-state index is -0.0649. The Hall–Kier alpha value is -0.780. The molecule has 0 saturated heterocycles. The van der Waals surface area contributed by atoms with Crippen molar-refractivity contribution in [3.8, 4) is 0 Å². The number of benzene rings is 1. The SMILES string of the molecule is NC(Cc1ccc(Br)cc1)c1cnsn1. The molecule has 0 aliphatic heterocycles. The van der Waals surface area contributed by atoms with E-state index >= 15 is 0 Å². The molecule has 2 aromatic rings. The second-order valence-corrected chi connectivity index (χ2v) is 4.74. The van der Waals surface area contributed by atoms with Crippen molar-refractivity contribution < 1.29 is 0 Å². The average Bonchev–Trinajstić information content (AvgIpc) is 2.74. The number of halogens is 1. The molecule has 0 radical (unpaired) electrons. The third-order valence-electron chi connectivity index (χ3n) is 2.13. The minimum absolute atomic E-state index is 0.0649. The monoisotopic (exact) mass is 283 g/mol. The number of nitrogens with zero attached hydrogens (tertiary/aromatic N) is 2. The molecule has 0 bridgehead atoms. The van der Waals surface area contributed by atoms with E-state index in [1.54, 1.807) is 6.20 Å². The highest BCUT2D eigenvalue weighted by molar-refractivity contribution is 9.10. The van der Waals surface area contributed by atoms with Crippen LogP contribution in [0.4, 0.5) is 0 Å². The number of hydrogen-bond acceptors (Lipinski definition) is 4. The minimum Gasteiger partial charge on any atom is -0.322 e. The Bertz CT molecular complexity index is 413. The Labute approximate surface area is 101 Å². The van der Waals surface area contributed by atoms with Crippen LogP contribution in [0.5, 0.6) is 0 Å². The molecule has 0 aliphatic carbocycles. The lowest BCUT2D eigenvalue weighted by atomic mass is 10.1. The van der Waals surface area contributed by atoms with E-state index in [1.165, 1.54) is 17.3 Å². The number of nitrogens with two attached hydrogens (primary N) is 1. The Morgan fingerprint density at radius 3 is 2.67 bits per heavy atom. The van der Waals surface area contributed by atoms with Gasteiger partial charge in [-0.05, 0) is 24.1 Å². The van der Waals surface area contributed by atoms with E-state index in [-0.39, 0.29) is 6.04 Å². The summed E-state index contributed by atoms with van der Waals surface area (Å²) in [7, 11) is 0. The van der Waals surface area contributed by atoms with Crippen molar-refractivity contribution >= 4 is 27.7 Å². The molecule has 2 rings (SSSR count). The maximum Gasteiger partial charge on any atom is 0.0913 e. The molecule has 5 heteroatoms. The van der Waals surface area contributed by atoms with Crippen LogP contribution in [0.15, 0.2) is 34.9 Å². The normalized spacial score (nSPS) is 12.7. The smallest absolute Gasteiger partial charge is 0.0913 e. The van der Waals surface area contributed by atoms with Crippen LogP contribution in [0.25, 0.3) is 0 Å². The molecule has 1 aromatic heterocycles. The molecular weight excluding hydrogens is 274 g/mol. The van der Waals surface area contributed by atoms with Gasteiger partial charge in [-0.2, -0.15) is 8.75 Å². The first-order chi connectivity index (χ1) is 7.25. The summed E-state index contributed by atoms with van der Waals surface area (Å²) in [6, 6.07) is 8.08. The van der Waals surface area contributed by atoms with Crippen LogP contribution in [-0.4, -0.2) is 8.75 Å². The first kappa shape index (κ1) is 10.7. The fourth-order valence-electron chi connectivity index (χ4n) is 1.31. The van der Waals surface area contributed by atoms with E-state index in [4.69, 9.17) is 5.73 Å². The third kappa shape index (κ3) is 2.84. The van der Waals surface area contributed by atoms with Gasteiger partial charge >= 0.3 is 0 Å². The highest BCUT2D eigenvalue weighted by Crippen LogP contribution is 2.16. The average molecular weight is 284 g/mol. The van der Waals surface area contributed by atoms with Crippen molar-refractivity contribution in [3.63, 3.8) is 0 Å². The summed E-state index contributed by atoms with van der Waals surface area (Å²) in [4.78, 5) is 0. The van der Waals surface area contributed by atoms with Crippen molar-refractivity contribution in [2.75, 3.05) is 0 Å². The van der Waals surface area contributed by atoms with Gasteiger partial charge in [0.05, 0.1) is 29.7 Å². The molecule has 1 aromatic carbocycles. The van der Waals surface area contributed by atoms with Crippen molar-refractivity contribution in [2.45, 2.75) is 12.5 Å². The Morgan fingerprint density at radius 2 is 2.07 bits per heavy atom. The van der Waals surface area contributed by atoms with Gasteiger partial charge in [0.15, 0.2) is 0 Å². The van der Waals surface area contributed by atoms with Crippen LogP contribution in [0.3, 0.4) is 0 Å². The summed E-state index contributed by atoms with van der Waals surface area (Å²) in [5, 5.41) is 0. The van der Waals surface area contributed by atoms with E-state index in [0.717, 1.165) is 16.6 Å². The Morgan fingerprint density at radius 1 is 1.33 bits per heavy atom. The molecule has 78 valence electrons. The zero-order valence-electron chi connectivity index (χ0n) is 7.93. The highest BCUT2D eigenvalue weighted by Gasteiger charge is 2.09. The van der Waals surface area contributed by atoms with Crippen molar-refractivity contribution in [3.05, 3.63) is 46.2 Å². The van der Waals surface area contributed by atoms with E-state index in [2.05, 4.69) is 36.8 Å². The molecule has 3 nitrogen and oxygen atoms in total. The van der Waals surface area contributed by atoms with Crippen LogP contribution in [0.1, 0.15) is 17.3 Å². The van der Waals surface area contributed by atoms with Gasteiger partial charge in [-0.15, -0.1) is 0 Å². The molecule has 0 fully saturated rings.